The molecule has 3 fully saturated rings. The zero-order chi connectivity index (χ0) is 28.3. The lowest BCUT2D eigenvalue weighted by Crippen LogP contribution is -2.42. The van der Waals surface area contributed by atoms with E-state index < -0.39 is 12.4 Å². The number of hydrogen-bond donors (Lipinski definition) is 2. The smallest absolute Gasteiger partial charge is 0.407 e. The van der Waals surface area contributed by atoms with Crippen LogP contribution in [0.1, 0.15) is 81.1 Å². The van der Waals surface area contributed by atoms with Crippen LogP contribution in [0.5, 0.6) is 0 Å². The van der Waals surface area contributed by atoms with E-state index in [4.69, 9.17) is 14.2 Å². The number of nitrogens with one attached hydrogen (secondary N) is 1. The molecule has 2 aromatic carbocycles. The van der Waals surface area contributed by atoms with Crippen molar-refractivity contribution >= 4 is 6.09 Å². The zero-order valence-corrected chi connectivity index (χ0v) is 24.1. The average molecular weight is 549 g/mol. The fourth-order valence-corrected chi connectivity index (χ4v) is 7.24. The molecule has 5 atom stereocenters. The third-order valence-corrected chi connectivity index (χ3v) is 8.60. The van der Waals surface area contributed by atoms with Crippen molar-refractivity contribution in [3.63, 3.8) is 0 Å². The van der Waals surface area contributed by atoms with Gasteiger partial charge < -0.3 is 24.6 Å². The Morgan fingerprint density at radius 2 is 1.77 bits per heavy atom. The third-order valence-electron chi connectivity index (χ3n) is 8.60. The van der Waals surface area contributed by atoms with Gasteiger partial charge in [0.15, 0.2) is 6.29 Å². The number of alkyl carbamates (subject to hydrolysis) is 1. The number of likely N-dealkylation sites (tertiary alicyclic amines) is 1. The number of nitrogens with zero attached hydrogens (tertiary/aromatic N) is 1. The number of benzene rings is 2. The van der Waals surface area contributed by atoms with Crippen LogP contribution < -0.4 is 5.32 Å². The highest BCUT2D eigenvalue weighted by atomic mass is 16.7. The first-order valence-electron chi connectivity index (χ1n) is 14.5. The number of rotatable bonds is 9. The van der Waals surface area contributed by atoms with E-state index in [0.717, 1.165) is 41.8 Å². The van der Waals surface area contributed by atoms with Crippen molar-refractivity contribution in [1.29, 1.82) is 0 Å². The van der Waals surface area contributed by atoms with Crippen LogP contribution in [0.4, 0.5) is 4.79 Å². The number of aliphatic hydroxyl groups excluding tert-OH is 1. The molecule has 1 amide bonds. The summed E-state index contributed by atoms with van der Waals surface area (Å²) in [4.78, 5) is 14.4. The van der Waals surface area contributed by atoms with E-state index in [9.17, 15) is 9.90 Å². The van der Waals surface area contributed by atoms with Gasteiger partial charge >= 0.3 is 6.09 Å². The molecule has 3 aliphatic rings. The summed E-state index contributed by atoms with van der Waals surface area (Å²) in [5.41, 5.74) is 4.65. The highest BCUT2D eigenvalue weighted by Gasteiger charge is 2.50. The summed E-state index contributed by atoms with van der Waals surface area (Å²) in [6, 6.07) is 16.6. The van der Waals surface area contributed by atoms with E-state index in [1.54, 1.807) is 0 Å². The van der Waals surface area contributed by atoms with E-state index in [2.05, 4.69) is 49.7 Å². The standard InChI is InChI=1S/C33H44N2O5/c1-5-14-38-31(37)34-18-23-6-12-26(13-7-23)30-39-28(15-29(40-30)25-10-8-24(20-36)9-11-25)19-35-22-33(4)17-27(35)16-32(2,3)21-33/h5-13,27-30,36H,1,14-22H2,2-4H3,(H,34,37)/t27?,28-,29+,30+,33?/m1/s1. The van der Waals surface area contributed by atoms with Crippen LogP contribution in [0.25, 0.3) is 0 Å². The normalized spacial score (nSPS) is 29.6. The highest BCUT2D eigenvalue weighted by Crippen LogP contribution is 2.53. The molecule has 2 aromatic rings. The second-order valence-corrected chi connectivity index (χ2v) is 13.0. The molecule has 216 valence electrons. The average Bonchev–Trinajstić information content (AvgIpc) is 3.17. The quantitative estimate of drug-likeness (QED) is 0.372. The van der Waals surface area contributed by atoms with Crippen molar-refractivity contribution in [2.45, 2.75) is 84.1 Å². The second kappa shape index (κ2) is 12.0. The highest BCUT2D eigenvalue weighted by molar-refractivity contribution is 5.67. The minimum absolute atomic E-state index is 0.0266. The van der Waals surface area contributed by atoms with Gasteiger partial charge in [-0.1, -0.05) is 82.0 Å². The zero-order valence-electron chi connectivity index (χ0n) is 24.1. The molecule has 7 heteroatoms. The fourth-order valence-electron chi connectivity index (χ4n) is 7.24. The van der Waals surface area contributed by atoms with Crippen LogP contribution in [-0.4, -0.2) is 47.9 Å². The molecule has 2 aliphatic heterocycles. The molecule has 0 aromatic heterocycles. The van der Waals surface area contributed by atoms with Crippen LogP contribution in [0, 0.1) is 10.8 Å². The molecule has 1 aliphatic carbocycles. The summed E-state index contributed by atoms with van der Waals surface area (Å²) in [6.07, 6.45) is 5.07. The fraction of sp³-hybridized carbons (Fsp3) is 0.545. The molecule has 40 heavy (non-hydrogen) atoms. The largest absolute Gasteiger partial charge is 0.445 e. The minimum atomic E-state index is -0.491. The molecule has 5 rings (SSSR count). The summed E-state index contributed by atoms with van der Waals surface area (Å²) >= 11 is 0. The predicted molar refractivity (Wildman–Crippen MR) is 154 cm³/mol. The molecule has 0 radical (unpaired) electrons. The first-order valence-corrected chi connectivity index (χ1v) is 14.5. The third kappa shape index (κ3) is 6.95. The number of carbonyl (C=O) groups excluding carboxylic acids is 1. The van der Waals surface area contributed by atoms with Gasteiger partial charge in [0, 0.05) is 37.7 Å². The Kier molecular flexibility index (Phi) is 8.66. The van der Waals surface area contributed by atoms with Gasteiger partial charge in [0.05, 0.1) is 18.8 Å². The lowest BCUT2D eigenvalue weighted by Gasteiger charge is -2.41. The number of aliphatic hydroxyl groups is 1. The molecule has 2 N–H and O–H groups in total. The maximum atomic E-state index is 11.8. The van der Waals surface area contributed by atoms with Gasteiger partial charge in [0.1, 0.15) is 6.61 Å². The number of ether oxygens (including phenoxy) is 3. The molecule has 2 unspecified atom stereocenters. The van der Waals surface area contributed by atoms with E-state index >= 15 is 0 Å². The van der Waals surface area contributed by atoms with Crippen LogP contribution in [0.15, 0.2) is 61.2 Å². The lowest BCUT2D eigenvalue weighted by molar-refractivity contribution is -0.253. The van der Waals surface area contributed by atoms with Crippen molar-refractivity contribution in [2.75, 3.05) is 19.7 Å². The monoisotopic (exact) mass is 548 g/mol. The molecule has 1 saturated carbocycles. The summed E-state index contributed by atoms with van der Waals surface area (Å²) in [7, 11) is 0. The van der Waals surface area contributed by atoms with Gasteiger partial charge in [-0.15, -0.1) is 0 Å². The van der Waals surface area contributed by atoms with Gasteiger partial charge in [0.25, 0.3) is 0 Å². The number of amides is 1. The molecular weight excluding hydrogens is 504 g/mol. The van der Waals surface area contributed by atoms with E-state index in [0.29, 0.717) is 23.4 Å². The maximum absolute atomic E-state index is 11.8. The van der Waals surface area contributed by atoms with Crippen molar-refractivity contribution < 1.29 is 24.1 Å². The molecular formula is C33H44N2O5. The molecule has 2 heterocycles. The molecule has 7 nitrogen and oxygen atoms in total. The van der Waals surface area contributed by atoms with E-state index in [1.165, 1.54) is 25.3 Å². The minimum Gasteiger partial charge on any atom is -0.445 e. The Labute approximate surface area is 238 Å². The molecule has 2 saturated heterocycles. The van der Waals surface area contributed by atoms with Crippen molar-refractivity contribution in [2.24, 2.45) is 10.8 Å². The first kappa shape index (κ1) is 28.8. The van der Waals surface area contributed by atoms with Gasteiger partial charge in [-0.25, -0.2) is 4.79 Å². The topological polar surface area (TPSA) is 80.3 Å². The van der Waals surface area contributed by atoms with E-state index in [-0.39, 0.29) is 25.4 Å². The predicted octanol–water partition coefficient (Wildman–Crippen LogP) is 6.04. The van der Waals surface area contributed by atoms with Crippen molar-refractivity contribution in [1.82, 2.24) is 10.2 Å². The van der Waals surface area contributed by atoms with Gasteiger partial charge in [-0.05, 0) is 46.8 Å². The van der Waals surface area contributed by atoms with Crippen LogP contribution in [0.2, 0.25) is 0 Å². The molecule has 0 spiro atoms. The first-order chi connectivity index (χ1) is 19.1. The van der Waals surface area contributed by atoms with Gasteiger partial charge in [-0.3, -0.25) is 4.90 Å². The number of fused-ring (bicyclic) bond motifs is 2. The van der Waals surface area contributed by atoms with Crippen molar-refractivity contribution in [3.05, 3.63) is 83.4 Å². The van der Waals surface area contributed by atoms with E-state index in [1.807, 2.05) is 36.4 Å². The maximum Gasteiger partial charge on any atom is 0.407 e. The molecule has 2 bridgehead atoms. The Balaban J connectivity index is 1.30. The van der Waals surface area contributed by atoms with Crippen LogP contribution >= 0.6 is 0 Å². The second-order valence-electron chi connectivity index (χ2n) is 13.0. The Bertz CT molecular complexity index is 1160. The Morgan fingerprint density at radius 1 is 1.07 bits per heavy atom. The summed E-state index contributed by atoms with van der Waals surface area (Å²) < 4.78 is 18.2. The van der Waals surface area contributed by atoms with Crippen LogP contribution in [-0.2, 0) is 27.4 Å². The lowest BCUT2D eigenvalue weighted by atomic mass is 9.65. The van der Waals surface area contributed by atoms with Gasteiger partial charge in [0.2, 0.25) is 0 Å². The summed E-state index contributed by atoms with van der Waals surface area (Å²) in [5.74, 6) is 0. The SMILES string of the molecule is C=CCOC(=O)NCc1ccc([C@H]2O[C@@H](CN3CC4(C)CC3CC(C)(C)C4)C[C@@H](c3ccc(CO)cc3)O2)cc1. The van der Waals surface area contributed by atoms with Crippen LogP contribution in [0.3, 0.4) is 0 Å². The van der Waals surface area contributed by atoms with Gasteiger partial charge in [-0.2, -0.15) is 0 Å². The summed E-state index contributed by atoms with van der Waals surface area (Å²) in [6.45, 7) is 13.4. The Morgan fingerprint density at radius 3 is 2.48 bits per heavy atom. The Hall–Kier alpha value is -2.71. The number of hydrogen-bond acceptors (Lipinski definition) is 6. The number of carbonyl (C=O) groups is 1. The van der Waals surface area contributed by atoms with Crippen molar-refractivity contribution in [3.8, 4) is 0 Å². The summed E-state index contributed by atoms with van der Waals surface area (Å²) in [5, 5.41) is 12.3.